The van der Waals surface area contributed by atoms with Crippen LogP contribution in [0.3, 0.4) is 0 Å². The van der Waals surface area contributed by atoms with Gasteiger partial charge in [0, 0.05) is 18.8 Å². The molecule has 0 amide bonds. The van der Waals surface area contributed by atoms with E-state index < -0.39 is 0 Å². The van der Waals surface area contributed by atoms with Crippen LogP contribution in [0.15, 0.2) is 53.5 Å². The molecule has 0 saturated carbocycles. The summed E-state index contributed by atoms with van der Waals surface area (Å²) in [6.45, 7) is 6.43. The van der Waals surface area contributed by atoms with Crippen LogP contribution in [0.25, 0.3) is 0 Å². The molecule has 4 nitrogen and oxygen atoms in total. The first-order valence-corrected chi connectivity index (χ1v) is 8.26. The number of rotatable bonds is 7. The fraction of sp³-hybridized carbons (Fsp3) is 0.368. The molecule has 0 saturated heterocycles. The third-order valence-electron chi connectivity index (χ3n) is 3.47. The number of aromatic nitrogens is 1. The zero-order valence-corrected chi connectivity index (χ0v) is 14.0. The van der Waals surface area contributed by atoms with Crippen molar-refractivity contribution in [3.8, 4) is 0 Å². The summed E-state index contributed by atoms with van der Waals surface area (Å²) < 4.78 is 0. The van der Waals surface area contributed by atoms with E-state index in [0.717, 1.165) is 43.3 Å². The Morgan fingerprint density at radius 3 is 2.61 bits per heavy atom. The minimum Gasteiger partial charge on any atom is -0.357 e. The molecule has 2 N–H and O–H groups in total. The van der Waals surface area contributed by atoms with E-state index in [-0.39, 0.29) is 0 Å². The van der Waals surface area contributed by atoms with Gasteiger partial charge in [-0.2, -0.15) is 0 Å². The Hall–Kier alpha value is -2.36. The predicted octanol–water partition coefficient (Wildman–Crippen LogP) is 3.08. The van der Waals surface area contributed by atoms with E-state index in [1.165, 1.54) is 5.56 Å². The van der Waals surface area contributed by atoms with Gasteiger partial charge in [0.1, 0.15) is 0 Å². The van der Waals surface area contributed by atoms with Gasteiger partial charge in [0.2, 0.25) is 0 Å². The highest BCUT2D eigenvalue weighted by molar-refractivity contribution is 5.79. The number of hydrogen-bond acceptors (Lipinski definition) is 2. The van der Waals surface area contributed by atoms with Gasteiger partial charge in [0.15, 0.2) is 5.96 Å². The highest BCUT2D eigenvalue weighted by Crippen LogP contribution is 2.02. The Balaban J connectivity index is 1.79. The summed E-state index contributed by atoms with van der Waals surface area (Å²) >= 11 is 0. The zero-order valence-electron chi connectivity index (χ0n) is 14.0. The molecular weight excluding hydrogens is 284 g/mol. The second-order valence-corrected chi connectivity index (χ2v) is 5.48. The van der Waals surface area contributed by atoms with Crippen LogP contribution in [0.1, 0.15) is 30.3 Å². The third kappa shape index (κ3) is 6.51. The molecule has 0 radical (unpaired) electrons. The number of pyridine rings is 1. The standard InChI is InChI=1S/C19H26N4/c1-3-20-19(22-15-18-13-7-9-16(2)23-18)21-14-8-12-17-10-5-4-6-11-17/h4-7,9-11,13H,3,8,12,14-15H2,1-2H3,(H2,20,21,22). The molecule has 1 aromatic heterocycles. The monoisotopic (exact) mass is 310 g/mol. The number of nitrogens with one attached hydrogen (secondary N) is 2. The van der Waals surface area contributed by atoms with Gasteiger partial charge in [-0.25, -0.2) is 4.99 Å². The molecule has 0 spiro atoms. The Kier molecular flexibility index (Phi) is 7.11. The first-order valence-electron chi connectivity index (χ1n) is 8.26. The Morgan fingerprint density at radius 1 is 1.04 bits per heavy atom. The summed E-state index contributed by atoms with van der Waals surface area (Å²) in [5.74, 6) is 0.851. The maximum absolute atomic E-state index is 4.60. The second kappa shape index (κ2) is 9.62. The van der Waals surface area contributed by atoms with E-state index in [0.29, 0.717) is 6.54 Å². The maximum atomic E-state index is 4.60. The van der Waals surface area contributed by atoms with Crippen LogP contribution < -0.4 is 10.6 Å². The molecule has 2 aromatic rings. The second-order valence-electron chi connectivity index (χ2n) is 5.48. The van der Waals surface area contributed by atoms with E-state index in [2.05, 4.69) is 57.9 Å². The lowest BCUT2D eigenvalue weighted by Gasteiger charge is -2.11. The molecule has 122 valence electrons. The normalized spacial score (nSPS) is 11.3. The fourth-order valence-electron chi connectivity index (χ4n) is 2.33. The van der Waals surface area contributed by atoms with E-state index in [1.807, 2.05) is 25.1 Å². The zero-order chi connectivity index (χ0) is 16.3. The lowest BCUT2D eigenvalue weighted by Crippen LogP contribution is -2.37. The first kappa shape index (κ1) is 17.0. The van der Waals surface area contributed by atoms with E-state index >= 15 is 0 Å². The van der Waals surface area contributed by atoms with Gasteiger partial charge in [-0.1, -0.05) is 36.4 Å². The summed E-state index contributed by atoms with van der Waals surface area (Å²) in [7, 11) is 0. The van der Waals surface area contributed by atoms with Gasteiger partial charge in [-0.15, -0.1) is 0 Å². The number of aliphatic imine (C=N–C) groups is 1. The number of nitrogens with zero attached hydrogens (tertiary/aromatic N) is 2. The predicted molar refractivity (Wildman–Crippen MR) is 96.6 cm³/mol. The van der Waals surface area contributed by atoms with Crippen molar-refractivity contribution in [2.24, 2.45) is 4.99 Å². The minimum absolute atomic E-state index is 0.593. The summed E-state index contributed by atoms with van der Waals surface area (Å²) in [6, 6.07) is 16.6. The highest BCUT2D eigenvalue weighted by atomic mass is 15.2. The average molecular weight is 310 g/mol. The molecular formula is C19H26N4. The van der Waals surface area contributed by atoms with Crippen molar-refractivity contribution in [3.05, 3.63) is 65.5 Å². The summed E-state index contributed by atoms with van der Waals surface area (Å²) in [6.07, 6.45) is 2.16. The molecule has 1 aromatic carbocycles. The van der Waals surface area contributed by atoms with Gasteiger partial charge in [0.25, 0.3) is 0 Å². The molecule has 1 heterocycles. The lowest BCUT2D eigenvalue weighted by atomic mass is 10.1. The minimum atomic E-state index is 0.593. The van der Waals surface area contributed by atoms with Crippen LogP contribution in [-0.2, 0) is 13.0 Å². The Bertz CT molecular complexity index is 608. The van der Waals surface area contributed by atoms with Crippen molar-refractivity contribution in [3.63, 3.8) is 0 Å². The van der Waals surface area contributed by atoms with Gasteiger partial charge >= 0.3 is 0 Å². The molecule has 4 heteroatoms. The van der Waals surface area contributed by atoms with E-state index in [4.69, 9.17) is 0 Å². The molecule has 0 unspecified atom stereocenters. The van der Waals surface area contributed by atoms with Gasteiger partial charge in [0.05, 0.1) is 12.2 Å². The van der Waals surface area contributed by atoms with Crippen molar-refractivity contribution in [2.45, 2.75) is 33.2 Å². The SMILES string of the molecule is CCNC(=NCc1cccc(C)n1)NCCCc1ccccc1. The Morgan fingerprint density at radius 2 is 1.87 bits per heavy atom. The van der Waals surface area contributed by atoms with Gasteiger partial charge < -0.3 is 10.6 Å². The smallest absolute Gasteiger partial charge is 0.191 e. The topological polar surface area (TPSA) is 49.3 Å². The third-order valence-corrected chi connectivity index (χ3v) is 3.47. The quantitative estimate of drug-likeness (QED) is 0.469. The fourth-order valence-corrected chi connectivity index (χ4v) is 2.33. The highest BCUT2D eigenvalue weighted by Gasteiger charge is 1.99. The summed E-state index contributed by atoms with van der Waals surface area (Å²) in [5, 5.41) is 6.66. The Labute approximate surface area is 139 Å². The van der Waals surface area contributed by atoms with Crippen LogP contribution >= 0.6 is 0 Å². The molecule has 0 aliphatic carbocycles. The van der Waals surface area contributed by atoms with Gasteiger partial charge in [-0.05, 0) is 44.4 Å². The van der Waals surface area contributed by atoms with Crippen LogP contribution in [0.4, 0.5) is 0 Å². The lowest BCUT2D eigenvalue weighted by molar-refractivity contribution is 0.742. The summed E-state index contributed by atoms with van der Waals surface area (Å²) in [4.78, 5) is 9.08. The molecule has 0 fully saturated rings. The number of aryl methyl sites for hydroxylation is 2. The van der Waals surface area contributed by atoms with Crippen molar-refractivity contribution in [1.29, 1.82) is 0 Å². The van der Waals surface area contributed by atoms with Crippen LogP contribution in [0, 0.1) is 6.92 Å². The van der Waals surface area contributed by atoms with Gasteiger partial charge in [-0.3, -0.25) is 4.98 Å². The molecule has 0 aliphatic rings. The van der Waals surface area contributed by atoms with Crippen LogP contribution in [0.2, 0.25) is 0 Å². The van der Waals surface area contributed by atoms with Crippen molar-refractivity contribution < 1.29 is 0 Å². The van der Waals surface area contributed by atoms with Crippen molar-refractivity contribution in [1.82, 2.24) is 15.6 Å². The molecule has 23 heavy (non-hydrogen) atoms. The summed E-state index contributed by atoms with van der Waals surface area (Å²) in [5.41, 5.74) is 3.39. The van der Waals surface area contributed by atoms with E-state index in [9.17, 15) is 0 Å². The number of hydrogen-bond donors (Lipinski definition) is 2. The van der Waals surface area contributed by atoms with Crippen molar-refractivity contribution >= 4 is 5.96 Å². The largest absolute Gasteiger partial charge is 0.357 e. The van der Waals surface area contributed by atoms with Crippen LogP contribution in [0.5, 0.6) is 0 Å². The molecule has 0 bridgehead atoms. The number of benzene rings is 1. The molecule has 0 atom stereocenters. The van der Waals surface area contributed by atoms with Crippen molar-refractivity contribution in [2.75, 3.05) is 13.1 Å². The molecule has 0 aliphatic heterocycles. The maximum Gasteiger partial charge on any atom is 0.191 e. The average Bonchev–Trinajstić information content (AvgIpc) is 2.57. The van der Waals surface area contributed by atoms with E-state index in [1.54, 1.807) is 0 Å². The van der Waals surface area contributed by atoms with Crippen LogP contribution in [-0.4, -0.2) is 24.0 Å². The number of guanidine groups is 1. The first-order chi connectivity index (χ1) is 11.3. The molecule has 2 rings (SSSR count).